The predicted molar refractivity (Wildman–Crippen MR) is 88.6 cm³/mol. The molecular formula is C17H32O4Si. The highest BCUT2D eigenvalue weighted by molar-refractivity contribution is 6.62. The lowest BCUT2D eigenvalue weighted by Gasteiger charge is -2.40. The van der Waals surface area contributed by atoms with Crippen LogP contribution in [0.25, 0.3) is 0 Å². The Bertz CT molecular complexity index is 343. The number of hydrogen-bond acceptors (Lipinski definition) is 4. The Morgan fingerprint density at radius 3 is 1.77 bits per heavy atom. The smallest absolute Gasteiger partial charge is 0.377 e. The zero-order valence-corrected chi connectivity index (χ0v) is 15.6. The number of Topliss-reactive ketones (excluding diaryl/α,β-unsaturated/α-hetero) is 1. The van der Waals surface area contributed by atoms with Gasteiger partial charge in [0.1, 0.15) is 5.78 Å². The minimum Gasteiger partial charge on any atom is -0.377 e. The van der Waals surface area contributed by atoms with Crippen LogP contribution in [-0.2, 0) is 18.1 Å². The van der Waals surface area contributed by atoms with Gasteiger partial charge in [-0.05, 0) is 56.3 Å². The van der Waals surface area contributed by atoms with Crippen molar-refractivity contribution >= 4 is 14.6 Å². The highest BCUT2D eigenvalue weighted by Gasteiger charge is 2.48. The summed E-state index contributed by atoms with van der Waals surface area (Å²) < 4.78 is 17.0. The molecule has 2 saturated carbocycles. The quantitative estimate of drug-likeness (QED) is 0.695. The molecule has 2 rings (SSSR count). The minimum atomic E-state index is -2.52. The van der Waals surface area contributed by atoms with Crippen LogP contribution >= 0.6 is 0 Å². The fraction of sp³-hybridized carbons (Fsp3) is 0.941. The number of hydrogen-bond donors (Lipinski definition) is 0. The van der Waals surface area contributed by atoms with E-state index in [4.69, 9.17) is 13.3 Å². The number of rotatable bonds is 6. The first-order valence-electron chi connectivity index (χ1n) is 8.73. The predicted octanol–water partition coefficient (Wildman–Crippen LogP) is 3.82. The second-order valence-corrected chi connectivity index (χ2v) is 10.4. The van der Waals surface area contributed by atoms with E-state index >= 15 is 0 Å². The standard InChI is InChI=1S/C17H32O4Si/c1-13(22(19-2,20-3)21-4)14-5-7-15(8-6-14)16-9-11-17(18)12-10-16/h13-16H,5-12H2,1-4H3. The summed E-state index contributed by atoms with van der Waals surface area (Å²) in [5.41, 5.74) is 0.349. The average Bonchev–Trinajstić information content (AvgIpc) is 2.58. The Balaban J connectivity index is 1.87. The van der Waals surface area contributed by atoms with Crippen molar-refractivity contribution in [2.24, 2.45) is 17.8 Å². The molecule has 1 atom stereocenters. The van der Waals surface area contributed by atoms with Crippen molar-refractivity contribution < 1.29 is 18.1 Å². The molecule has 0 aromatic heterocycles. The zero-order valence-electron chi connectivity index (χ0n) is 14.6. The maximum atomic E-state index is 11.4. The summed E-state index contributed by atoms with van der Waals surface area (Å²) in [6.07, 6.45) is 8.92. The van der Waals surface area contributed by atoms with E-state index < -0.39 is 8.80 Å². The fourth-order valence-electron chi connectivity index (χ4n) is 4.65. The Kier molecular flexibility index (Phi) is 6.62. The molecular weight excluding hydrogens is 296 g/mol. The maximum Gasteiger partial charge on any atom is 0.503 e. The lowest BCUT2D eigenvalue weighted by molar-refractivity contribution is -0.121. The summed E-state index contributed by atoms with van der Waals surface area (Å²) in [6.45, 7) is 2.23. The molecule has 0 bridgehead atoms. The van der Waals surface area contributed by atoms with Crippen LogP contribution in [0.2, 0.25) is 5.54 Å². The van der Waals surface area contributed by atoms with E-state index in [0.29, 0.717) is 17.2 Å². The molecule has 0 amide bonds. The lowest BCUT2D eigenvalue weighted by Crippen LogP contribution is -2.49. The van der Waals surface area contributed by atoms with Crippen LogP contribution < -0.4 is 0 Å². The summed E-state index contributed by atoms with van der Waals surface area (Å²) in [7, 11) is 2.60. The van der Waals surface area contributed by atoms with Gasteiger partial charge in [-0.25, -0.2) is 0 Å². The summed E-state index contributed by atoms with van der Waals surface area (Å²) >= 11 is 0. The average molecular weight is 329 g/mol. The molecule has 2 aliphatic rings. The molecule has 2 aliphatic carbocycles. The largest absolute Gasteiger partial charge is 0.503 e. The van der Waals surface area contributed by atoms with Gasteiger partial charge in [0.05, 0.1) is 0 Å². The van der Waals surface area contributed by atoms with Crippen LogP contribution in [0.1, 0.15) is 58.3 Å². The molecule has 0 saturated heterocycles. The van der Waals surface area contributed by atoms with Crippen molar-refractivity contribution in [2.45, 2.75) is 63.8 Å². The monoisotopic (exact) mass is 328 g/mol. The second kappa shape index (κ2) is 8.04. The molecule has 1 unspecified atom stereocenters. The normalized spacial score (nSPS) is 29.5. The van der Waals surface area contributed by atoms with Crippen LogP contribution in [0.4, 0.5) is 0 Å². The van der Waals surface area contributed by atoms with E-state index in [1.807, 2.05) is 0 Å². The van der Waals surface area contributed by atoms with Gasteiger partial charge < -0.3 is 13.3 Å². The summed E-state index contributed by atoms with van der Waals surface area (Å²) in [6, 6.07) is 0. The molecule has 0 aliphatic heterocycles. The highest BCUT2D eigenvalue weighted by Crippen LogP contribution is 2.45. The molecule has 4 nitrogen and oxygen atoms in total. The zero-order chi connectivity index (χ0) is 16.2. The molecule has 0 spiro atoms. The molecule has 0 aromatic carbocycles. The third kappa shape index (κ3) is 3.81. The number of ketones is 1. The van der Waals surface area contributed by atoms with Crippen molar-refractivity contribution in [3.8, 4) is 0 Å². The Morgan fingerprint density at radius 2 is 1.32 bits per heavy atom. The van der Waals surface area contributed by atoms with Gasteiger partial charge in [0.2, 0.25) is 0 Å². The number of carbonyl (C=O) groups is 1. The molecule has 0 heterocycles. The minimum absolute atomic E-state index is 0.349. The summed E-state index contributed by atoms with van der Waals surface area (Å²) in [5, 5.41) is 0. The van der Waals surface area contributed by atoms with Crippen LogP contribution in [0.5, 0.6) is 0 Å². The Labute approximate surface area is 136 Å². The third-order valence-electron chi connectivity index (χ3n) is 6.19. The Hall–Kier alpha value is -0.233. The van der Waals surface area contributed by atoms with Crippen LogP contribution in [0.3, 0.4) is 0 Å². The Morgan fingerprint density at radius 1 is 0.864 bits per heavy atom. The molecule has 128 valence electrons. The summed E-state index contributed by atoms with van der Waals surface area (Å²) in [5.74, 6) is 2.70. The second-order valence-electron chi connectivity index (χ2n) is 7.06. The van der Waals surface area contributed by atoms with Gasteiger partial charge in [-0.3, -0.25) is 4.79 Å². The van der Waals surface area contributed by atoms with Gasteiger partial charge in [-0.1, -0.05) is 6.92 Å². The van der Waals surface area contributed by atoms with Crippen molar-refractivity contribution in [2.75, 3.05) is 21.3 Å². The molecule has 0 radical (unpaired) electrons. The molecule has 5 heteroatoms. The molecule has 22 heavy (non-hydrogen) atoms. The van der Waals surface area contributed by atoms with Gasteiger partial charge in [-0.2, -0.15) is 0 Å². The van der Waals surface area contributed by atoms with E-state index in [9.17, 15) is 4.79 Å². The van der Waals surface area contributed by atoms with E-state index in [-0.39, 0.29) is 0 Å². The molecule has 2 fully saturated rings. The van der Waals surface area contributed by atoms with E-state index in [2.05, 4.69) is 6.92 Å². The van der Waals surface area contributed by atoms with Crippen LogP contribution in [0, 0.1) is 17.8 Å². The van der Waals surface area contributed by atoms with Gasteiger partial charge in [0.25, 0.3) is 0 Å². The van der Waals surface area contributed by atoms with Crippen molar-refractivity contribution in [1.29, 1.82) is 0 Å². The first kappa shape index (κ1) is 18.1. The molecule has 0 N–H and O–H groups in total. The van der Waals surface area contributed by atoms with E-state index in [0.717, 1.165) is 37.5 Å². The lowest BCUT2D eigenvalue weighted by atomic mass is 9.70. The van der Waals surface area contributed by atoms with Gasteiger partial charge in [0.15, 0.2) is 0 Å². The van der Waals surface area contributed by atoms with Crippen LogP contribution in [0.15, 0.2) is 0 Å². The molecule has 0 aromatic rings. The van der Waals surface area contributed by atoms with Crippen molar-refractivity contribution in [3.05, 3.63) is 0 Å². The van der Waals surface area contributed by atoms with Gasteiger partial charge >= 0.3 is 8.80 Å². The van der Waals surface area contributed by atoms with Gasteiger partial charge in [0, 0.05) is 39.7 Å². The number of carbonyl (C=O) groups excluding carboxylic acids is 1. The van der Waals surface area contributed by atoms with Gasteiger partial charge in [-0.15, -0.1) is 0 Å². The maximum absolute atomic E-state index is 11.4. The van der Waals surface area contributed by atoms with E-state index in [1.165, 1.54) is 25.7 Å². The van der Waals surface area contributed by atoms with Crippen LogP contribution in [-0.4, -0.2) is 35.9 Å². The SMILES string of the molecule is CO[Si](OC)(OC)C(C)C1CCC(C2CCC(=O)CC2)CC1. The van der Waals surface area contributed by atoms with Crippen molar-refractivity contribution in [3.63, 3.8) is 0 Å². The first-order chi connectivity index (χ1) is 10.6. The summed E-state index contributed by atoms with van der Waals surface area (Å²) in [4.78, 5) is 11.4. The van der Waals surface area contributed by atoms with Crippen molar-refractivity contribution in [1.82, 2.24) is 0 Å². The highest BCUT2D eigenvalue weighted by atomic mass is 28.4. The topological polar surface area (TPSA) is 44.8 Å². The first-order valence-corrected chi connectivity index (χ1v) is 10.5. The fourth-order valence-corrected chi connectivity index (χ4v) is 7.17. The van der Waals surface area contributed by atoms with E-state index in [1.54, 1.807) is 21.3 Å². The third-order valence-corrected chi connectivity index (χ3v) is 9.48.